The van der Waals surface area contributed by atoms with Gasteiger partial charge in [0.1, 0.15) is 16.8 Å². The Kier molecular flexibility index (Phi) is 4.78. The molecule has 0 amide bonds. The standard InChI is InChI=1S/C21H29N5O3/c1-20(2,27)13-26-12-14(11-22-26)15-5-6-16(29-4)18-17(15)23-19(24-18)25-9-7-21(3,28)8-10-25/h5-6,11-12,27-28H,7-10,13H2,1-4H3,(H,23,24). The summed E-state index contributed by atoms with van der Waals surface area (Å²) in [7, 11) is 1.65. The smallest absolute Gasteiger partial charge is 0.203 e. The number of aromatic nitrogens is 4. The Labute approximate surface area is 170 Å². The molecule has 29 heavy (non-hydrogen) atoms. The van der Waals surface area contributed by atoms with Crippen LogP contribution in [-0.2, 0) is 6.54 Å². The van der Waals surface area contributed by atoms with Crippen molar-refractivity contribution in [3.8, 4) is 16.9 Å². The maximum atomic E-state index is 10.2. The summed E-state index contributed by atoms with van der Waals surface area (Å²) >= 11 is 0. The topological polar surface area (TPSA) is 99.4 Å². The van der Waals surface area contributed by atoms with Gasteiger partial charge in [-0.25, -0.2) is 4.98 Å². The molecule has 2 aromatic heterocycles. The van der Waals surface area contributed by atoms with Crippen molar-refractivity contribution in [1.82, 2.24) is 19.7 Å². The lowest BCUT2D eigenvalue weighted by molar-refractivity contribution is 0.0349. The number of ether oxygens (including phenoxy) is 1. The molecule has 0 aliphatic carbocycles. The van der Waals surface area contributed by atoms with Crippen LogP contribution in [0.3, 0.4) is 0 Å². The molecule has 0 saturated carbocycles. The fraction of sp³-hybridized carbons (Fsp3) is 0.524. The summed E-state index contributed by atoms with van der Waals surface area (Å²) in [6, 6.07) is 3.91. The summed E-state index contributed by atoms with van der Waals surface area (Å²) in [5.74, 6) is 1.51. The fourth-order valence-corrected chi connectivity index (χ4v) is 3.79. The molecule has 3 N–H and O–H groups in total. The van der Waals surface area contributed by atoms with Crippen LogP contribution in [0.4, 0.5) is 5.95 Å². The quantitative estimate of drug-likeness (QED) is 0.610. The number of fused-ring (bicyclic) bond motifs is 1. The lowest BCUT2D eigenvalue weighted by atomic mass is 9.94. The van der Waals surface area contributed by atoms with E-state index in [9.17, 15) is 10.2 Å². The number of aliphatic hydroxyl groups is 2. The van der Waals surface area contributed by atoms with Crippen molar-refractivity contribution in [1.29, 1.82) is 0 Å². The number of anilines is 1. The number of H-pyrrole nitrogens is 1. The zero-order valence-corrected chi connectivity index (χ0v) is 17.4. The first kappa shape index (κ1) is 19.7. The van der Waals surface area contributed by atoms with Gasteiger partial charge in [0.25, 0.3) is 0 Å². The van der Waals surface area contributed by atoms with Gasteiger partial charge >= 0.3 is 0 Å². The monoisotopic (exact) mass is 399 g/mol. The highest BCUT2D eigenvalue weighted by Crippen LogP contribution is 2.35. The van der Waals surface area contributed by atoms with E-state index in [1.54, 1.807) is 31.8 Å². The van der Waals surface area contributed by atoms with E-state index in [4.69, 9.17) is 9.72 Å². The van der Waals surface area contributed by atoms with Crippen molar-refractivity contribution in [2.24, 2.45) is 0 Å². The molecular weight excluding hydrogens is 370 g/mol. The number of piperidine rings is 1. The summed E-state index contributed by atoms with van der Waals surface area (Å²) < 4.78 is 7.28. The molecule has 8 heteroatoms. The molecule has 1 aliphatic heterocycles. The van der Waals surface area contributed by atoms with E-state index < -0.39 is 11.2 Å². The first-order valence-electron chi connectivity index (χ1n) is 9.94. The largest absolute Gasteiger partial charge is 0.494 e. The van der Waals surface area contributed by atoms with Gasteiger partial charge in [0.05, 0.1) is 31.1 Å². The molecule has 3 aromatic rings. The van der Waals surface area contributed by atoms with Crippen LogP contribution in [0, 0.1) is 0 Å². The average molecular weight is 399 g/mol. The van der Waals surface area contributed by atoms with E-state index in [1.807, 2.05) is 25.3 Å². The maximum absolute atomic E-state index is 10.2. The maximum Gasteiger partial charge on any atom is 0.203 e. The summed E-state index contributed by atoms with van der Waals surface area (Å²) in [6.07, 6.45) is 5.13. The van der Waals surface area contributed by atoms with Gasteiger partial charge in [-0.1, -0.05) is 0 Å². The number of benzene rings is 1. The van der Waals surface area contributed by atoms with Gasteiger partial charge in [0.2, 0.25) is 5.95 Å². The summed E-state index contributed by atoms with van der Waals surface area (Å²) in [6.45, 7) is 7.30. The molecular formula is C21H29N5O3. The normalized spacial score (nSPS) is 17.1. The highest BCUT2D eigenvalue weighted by molar-refractivity contribution is 5.96. The first-order valence-corrected chi connectivity index (χ1v) is 9.94. The molecule has 156 valence electrons. The fourth-order valence-electron chi connectivity index (χ4n) is 3.79. The van der Waals surface area contributed by atoms with Crippen LogP contribution in [0.5, 0.6) is 5.75 Å². The van der Waals surface area contributed by atoms with E-state index in [2.05, 4.69) is 15.0 Å². The van der Waals surface area contributed by atoms with Crippen LogP contribution in [-0.4, -0.2) is 61.4 Å². The third kappa shape index (κ3) is 4.09. The number of imidazole rings is 1. The number of hydrogen-bond donors (Lipinski definition) is 3. The minimum atomic E-state index is -0.840. The van der Waals surface area contributed by atoms with Crippen LogP contribution in [0.1, 0.15) is 33.6 Å². The Bertz CT molecular complexity index is 1010. The third-order valence-electron chi connectivity index (χ3n) is 5.45. The first-order chi connectivity index (χ1) is 13.6. The Morgan fingerprint density at radius 3 is 2.66 bits per heavy atom. The molecule has 1 aromatic carbocycles. The summed E-state index contributed by atoms with van der Waals surface area (Å²) in [4.78, 5) is 10.4. The molecule has 8 nitrogen and oxygen atoms in total. The molecule has 0 spiro atoms. The lowest BCUT2D eigenvalue weighted by Crippen LogP contribution is -2.42. The number of methoxy groups -OCH3 is 1. The van der Waals surface area contributed by atoms with E-state index in [0.717, 1.165) is 46.9 Å². The predicted octanol–water partition coefficient (Wildman–Crippen LogP) is 2.56. The number of aromatic amines is 1. The molecule has 0 unspecified atom stereocenters. The van der Waals surface area contributed by atoms with E-state index >= 15 is 0 Å². The highest BCUT2D eigenvalue weighted by Gasteiger charge is 2.29. The van der Waals surface area contributed by atoms with Gasteiger partial charge in [-0.15, -0.1) is 0 Å². The van der Waals surface area contributed by atoms with E-state index in [1.165, 1.54) is 0 Å². The summed E-state index contributed by atoms with van der Waals surface area (Å²) in [5.41, 5.74) is 2.09. The van der Waals surface area contributed by atoms with Gasteiger partial charge < -0.3 is 24.8 Å². The predicted molar refractivity (Wildman–Crippen MR) is 112 cm³/mol. The number of nitrogens with one attached hydrogen (secondary N) is 1. The Hall–Kier alpha value is -2.58. The Balaban J connectivity index is 1.71. The molecule has 4 rings (SSSR count). The van der Waals surface area contributed by atoms with Gasteiger partial charge in [-0.05, 0) is 45.7 Å². The van der Waals surface area contributed by atoms with Crippen LogP contribution < -0.4 is 9.64 Å². The number of nitrogens with zero attached hydrogens (tertiary/aromatic N) is 4. The van der Waals surface area contributed by atoms with Crippen molar-refractivity contribution in [3.05, 3.63) is 24.5 Å². The second kappa shape index (κ2) is 7.03. The number of hydrogen-bond acceptors (Lipinski definition) is 6. The zero-order chi connectivity index (χ0) is 20.8. The van der Waals surface area contributed by atoms with Crippen LogP contribution >= 0.6 is 0 Å². The van der Waals surface area contributed by atoms with Gasteiger partial charge in [-0.2, -0.15) is 5.10 Å². The van der Waals surface area contributed by atoms with Crippen molar-refractivity contribution in [2.75, 3.05) is 25.1 Å². The third-order valence-corrected chi connectivity index (χ3v) is 5.45. The highest BCUT2D eigenvalue weighted by atomic mass is 16.5. The minimum Gasteiger partial charge on any atom is -0.494 e. The van der Waals surface area contributed by atoms with Crippen molar-refractivity contribution in [3.63, 3.8) is 0 Å². The van der Waals surface area contributed by atoms with Gasteiger partial charge in [-0.3, -0.25) is 4.68 Å². The molecule has 1 aliphatic rings. The molecule has 3 heterocycles. The van der Waals surface area contributed by atoms with Crippen LogP contribution in [0.25, 0.3) is 22.2 Å². The van der Waals surface area contributed by atoms with Crippen molar-refractivity contribution in [2.45, 2.75) is 51.4 Å². The number of rotatable bonds is 5. The van der Waals surface area contributed by atoms with Crippen LogP contribution in [0.15, 0.2) is 24.5 Å². The second-order valence-electron chi connectivity index (χ2n) is 8.82. The SMILES string of the molecule is COc1ccc(-c2cnn(CC(C)(C)O)c2)c2nc(N3CCC(C)(O)CC3)[nH]c12. The molecule has 0 bridgehead atoms. The lowest BCUT2D eigenvalue weighted by Gasteiger charge is -2.35. The van der Waals surface area contributed by atoms with E-state index in [-0.39, 0.29) is 0 Å². The van der Waals surface area contributed by atoms with Crippen LogP contribution in [0.2, 0.25) is 0 Å². The van der Waals surface area contributed by atoms with Gasteiger partial charge in [0.15, 0.2) is 0 Å². The van der Waals surface area contributed by atoms with Gasteiger partial charge in [0, 0.05) is 30.4 Å². The van der Waals surface area contributed by atoms with Crippen molar-refractivity contribution < 1.29 is 14.9 Å². The average Bonchev–Trinajstić information content (AvgIpc) is 3.26. The summed E-state index contributed by atoms with van der Waals surface area (Å²) in [5, 5.41) is 24.7. The minimum absolute atomic E-state index is 0.409. The molecule has 0 atom stereocenters. The Morgan fingerprint density at radius 1 is 1.28 bits per heavy atom. The molecule has 1 fully saturated rings. The zero-order valence-electron chi connectivity index (χ0n) is 17.4. The molecule has 1 saturated heterocycles. The van der Waals surface area contributed by atoms with E-state index in [0.29, 0.717) is 19.4 Å². The second-order valence-corrected chi connectivity index (χ2v) is 8.82. The molecule has 0 radical (unpaired) electrons. The Morgan fingerprint density at radius 2 is 2.00 bits per heavy atom. The van der Waals surface area contributed by atoms with Crippen molar-refractivity contribution >= 4 is 17.0 Å².